The number of sulfonamides is 1. The maximum atomic E-state index is 13.2. The molecule has 4 aromatic rings. The van der Waals surface area contributed by atoms with Crippen LogP contribution in [0, 0.1) is 11.3 Å². The summed E-state index contributed by atoms with van der Waals surface area (Å²) in [5.41, 5.74) is 4.33. The molecule has 0 spiro atoms. The molecule has 8 nitrogen and oxygen atoms in total. The first-order valence-corrected chi connectivity index (χ1v) is 15.7. The second-order valence-corrected chi connectivity index (χ2v) is 12.6. The summed E-state index contributed by atoms with van der Waals surface area (Å²) in [4.78, 5) is 22.1. The molecule has 1 amide bonds. The van der Waals surface area contributed by atoms with Crippen molar-refractivity contribution in [2.45, 2.75) is 53.7 Å². The van der Waals surface area contributed by atoms with E-state index in [1.54, 1.807) is 30.3 Å². The highest BCUT2D eigenvalue weighted by molar-refractivity contribution is 8.00. The number of nitriles is 1. The van der Waals surface area contributed by atoms with Gasteiger partial charge in [-0.3, -0.25) is 9.52 Å². The number of nitrogens with zero attached hydrogens (tertiary/aromatic N) is 3. The average Bonchev–Trinajstić information content (AvgIpc) is 3.00. The van der Waals surface area contributed by atoms with Gasteiger partial charge in [-0.15, -0.1) is 0 Å². The summed E-state index contributed by atoms with van der Waals surface area (Å²) in [5.74, 6) is 0.375. The highest BCUT2D eigenvalue weighted by atomic mass is 32.2. The second-order valence-electron chi connectivity index (χ2n) is 9.76. The average molecular weight is 584 g/mol. The lowest BCUT2D eigenvalue weighted by Crippen LogP contribution is -2.25. The van der Waals surface area contributed by atoms with Crippen molar-refractivity contribution in [1.29, 1.82) is 5.26 Å². The highest BCUT2D eigenvalue weighted by Crippen LogP contribution is 2.36. The summed E-state index contributed by atoms with van der Waals surface area (Å²) in [5, 5.41) is 12.8. The number of aromatic nitrogens is 2. The molecule has 2 aromatic carbocycles. The van der Waals surface area contributed by atoms with Gasteiger partial charge in [0.15, 0.2) is 0 Å². The van der Waals surface area contributed by atoms with Crippen molar-refractivity contribution in [3.63, 3.8) is 0 Å². The number of carbonyl (C=O) groups is 1. The third kappa shape index (κ3) is 6.76. The number of rotatable bonds is 9. The highest BCUT2D eigenvalue weighted by Gasteiger charge is 2.26. The molecule has 0 bridgehead atoms. The number of aryl methyl sites for hydroxylation is 1. The third-order valence-electron chi connectivity index (χ3n) is 7.00. The van der Waals surface area contributed by atoms with Crippen molar-refractivity contribution in [3.05, 3.63) is 107 Å². The molecule has 2 N–H and O–H groups in total. The zero-order valence-electron chi connectivity index (χ0n) is 22.4. The fraction of sp³-hybridized carbons (Fsp3) is 0.226. The number of benzene rings is 2. The standard InChI is InChI=1S/C31H29N5O3S2/c1-2-28(30(37)34-25-12-14-26(15-13-25)41(38,39)36-29-10-6-7-17-33-29)40-31-24(20-32)19-23-18-22(11-16-27(23)35-31)21-8-4-3-5-9-21/h3-10,12-15,17,19,22,28H,2,11,16,18H2,1H3,(H,33,36)(H,34,37). The molecule has 2 aromatic heterocycles. The van der Waals surface area contributed by atoms with Crippen LogP contribution in [0.1, 0.15) is 48.1 Å². The van der Waals surface area contributed by atoms with Crippen LogP contribution in [0.5, 0.6) is 0 Å². The van der Waals surface area contributed by atoms with Crippen molar-refractivity contribution >= 4 is 39.2 Å². The van der Waals surface area contributed by atoms with Gasteiger partial charge in [-0.1, -0.05) is 55.1 Å². The summed E-state index contributed by atoms with van der Waals surface area (Å²) < 4.78 is 27.8. The van der Waals surface area contributed by atoms with E-state index in [4.69, 9.17) is 4.98 Å². The molecule has 2 atom stereocenters. The van der Waals surface area contributed by atoms with Gasteiger partial charge in [0.1, 0.15) is 16.9 Å². The summed E-state index contributed by atoms with van der Waals surface area (Å²) >= 11 is 1.29. The Balaban J connectivity index is 1.26. The quantitative estimate of drug-likeness (QED) is 0.234. The number of amides is 1. The smallest absolute Gasteiger partial charge is 0.263 e. The van der Waals surface area contributed by atoms with Crippen molar-refractivity contribution in [3.8, 4) is 6.07 Å². The minimum atomic E-state index is -3.82. The Morgan fingerprint density at radius 1 is 1.10 bits per heavy atom. The van der Waals surface area contributed by atoms with Crippen molar-refractivity contribution in [1.82, 2.24) is 9.97 Å². The van der Waals surface area contributed by atoms with E-state index in [9.17, 15) is 18.5 Å². The lowest BCUT2D eigenvalue weighted by molar-refractivity contribution is -0.115. The number of fused-ring (bicyclic) bond motifs is 1. The van der Waals surface area contributed by atoms with Crippen molar-refractivity contribution < 1.29 is 13.2 Å². The first kappa shape index (κ1) is 28.3. The molecule has 2 unspecified atom stereocenters. The lowest BCUT2D eigenvalue weighted by Gasteiger charge is -2.25. The van der Waals surface area contributed by atoms with Crippen LogP contribution in [-0.2, 0) is 27.7 Å². The monoisotopic (exact) mass is 583 g/mol. The summed E-state index contributed by atoms with van der Waals surface area (Å²) in [7, 11) is -3.82. The number of nitrogens with one attached hydrogen (secondary N) is 2. The van der Waals surface area contributed by atoms with Gasteiger partial charge in [-0.2, -0.15) is 5.26 Å². The van der Waals surface area contributed by atoms with E-state index in [-0.39, 0.29) is 16.6 Å². The molecular weight excluding hydrogens is 555 g/mol. The molecule has 0 saturated heterocycles. The minimum Gasteiger partial charge on any atom is -0.325 e. The van der Waals surface area contributed by atoms with E-state index in [0.717, 1.165) is 30.5 Å². The Morgan fingerprint density at radius 2 is 1.85 bits per heavy atom. The zero-order valence-corrected chi connectivity index (χ0v) is 24.1. The fourth-order valence-electron chi connectivity index (χ4n) is 4.84. The van der Waals surface area contributed by atoms with Gasteiger partial charge < -0.3 is 5.32 Å². The predicted molar refractivity (Wildman–Crippen MR) is 160 cm³/mol. The van der Waals surface area contributed by atoms with E-state index in [2.05, 4.69) is 45.4 Å². The molecule has 10 heteroatoms. The normalized spacial score (nSPS) is 15.3. The first-order valence-electron chi connectivity index (χ1n) is 13.4. The van der Waals surface area contributed by atoms with Crippen LogP contribution < -0.4 is 10.0 Å². The fourth-order valence-corrected chi connectivity index (χ4v) is 6.85. The van der Waals surface area contributed by atoms with Gasteiger partial charge in [0.25, 0.3) is 10.0 Å². The molecule has 208 valence electrons. The zero-order chi connectivity index (χ0) is 28.8. The Labute approximate surface area is 244 Å². The van der Waals surface area contributed by atoms with Gasteiger partial charge in [-0.05, 0) is 85.2 Å². The molecule has 1 aliphatic carbocycles. The maximum absolute atomic E-state index is 13.2. The number of thioether (sulfide) groups is 1. The van der Waals surface area contributed by atoms with E-state index < -0.39 is 15.3 Å². The topological polar surface area (TPSA) is 125 Å². The molecule has 0 fully saturated rings. The van der Waals surface area contributed by atoms with Crippen LogP contribution in [-0.4, -0.2) is 29.5 Å². The van der Waals surface area contributed by atoms with Crippen molar-refractivity contribution in [2.24, 2.45) is 0 Å². The van der Waals surface area contributed by atoms with Gasteiger partial charge in [-0.25, -0.2) is 18.4 Å². The number of pyridine rings is 2. The van der Waals surface area contributed by atoms with Gasteiger partial charge in [0.05, 0.1) is 15.7 Å². The van der Waals surface area contributed by atoms with Gasteiger partial charge in [0.2, 0.25) is 5.91 Å². The molecule has 0 saturated carbocycles. The van der Waals surface area contributed by atoms with E-state index >= 15 is 0 Å². The number of anilines is 2. The Hall–Kier alpha value is -4.20. The Bertz CT molecular complexity index is 1670. The van der Waals surface area contributed by atoms with Crippen LogP contribution in [0.15, 0.2) is 95.0 Å². The molecule has 0 aliphatic heterocycles. The van der Waals surface area contributed by atoms with Crippen LogP contribution in [0.4, 0.5) is 11.5 Å². The minimum absolute atomic E-state index is 0.0500. The third-order valence-corrected chi connectivity index (χ3v) is 9.73. The number of hydrogen-bond donors (Lipinski definition) is 2. The number of carbonyl (C=O) groups excluding carboxylic acids is 1. The predicted octanol–water partition coefficient (Wildman–Crippen LogP) is 5.93. The summed E-state index contributed by atoms with van der Waals surface area (Å²) in [6.45, 7) is 1.91. The molecule has 41 heavy (non-hydrogen) atoms. The molecular formula is C31H29N5O3S2. The maximum Gasteiger partial charge on any atom is 0.263 e. The van der Waals surface area contributed by atoms with Crippen LogP contribution in [0.25, 0.3) is 0 Å². The molecule has 5 rings (SSSR count). The van der Waals surface area contributed by atoms with Crippen LogP contribution >= 0.6 is 11.8 Å². The molecule has 1 aliphatic rings. The Kier molecular flexibility index (Phi) is 8.67. The molecule has 0 radical (unpaired) electrons. The SMILES string of the molecule is CCC(Sc1nc2c(cc1C#N)CC(c1ccccc1)CC2)C(=O)Nc1ccc(S(=O)(=O)Nc2ccccn2)cc1. The first-order chi connectivity index (χ1) is 19.9. The van der Waals surface area contributed by atoms with Gasteiger partial charge >= 0.3 is 0 Å². The van der Waals surface area contributed by atoms with Crippen LogP contribution in [0.2, 0.25) is 0 Å². The van der Waals surface area contributed by atoms with Crippen LogP contribution in [0.3, 0.4) is 0 Å². The van der Waals surface area contributed by atoms with E-state index in [1.165, 1.54) is 35.7 Å². The Morgan fingerprint density at radius 3 is 2.54 bits per heavy atom. The van der Waals surface area contributed by atoms with E-state index in [0.29, 0.717) is 28.6 Å². The van der Waals surface area contributed by atoms with E-state index in [1.807, 2.05) is 19.1 Å². The second kappa shape index (κ2) is 12.5. The summed E-state index contributed by atoms with van der Waals surface area (Å²) in [6, 6.07) is 25.5. The van der Waals surface area contributed by atoms with Crippen molar-refractivity contribution in [2.75, 3.05) is 10.0 Å². The summed E-state index contributed by atoms with van der Waals surface area (Å²) in [6.07, 6.45) is 4.67. The number of hydrogen-bond acceptors (Lipinski definition) is 7. The largest absolute Gasteiger partial charge is 0.325 e. The molecule has 2 heterocycles. The lowest BCUT2D eigenvalue weighted by atomic mass is 9.82. The van der Waals surface area contributed by atoms with Gasteiger partial charge in [0, 0.05) is 17.6 Å².